The van der Waals surface area contributed by atoms with Crippen LogP contribution in [0.2, 0.25) is 0 Å². The Kier molecular flexibility index (Phi) is 3.48. The third kappa shape index (κ3) is 2.31. The SMILES string of the molecule is COc1cc(-c2cnn(C)c2N)ccc1OC1CSC1. The Bertz CT molecular complexity index is 623. The smallest absolute Gasteiger partial charge is 0.161 e. The Morgan fingerprint density at radius 2 is 2.15 bits per heavy atom. The van der Waals surface area contributed by atoms with Crippen molar-refractivity contribution in [3.63, 3.8) is 0 Å². The largest absolute Gasteiger partial charge is 0.493 e. The summed E-state index contributed by atoms with van der Waals surface area (Å²) in [5.74, 6) is 4.23. The molecule has 5 nitrogen and oxygen atoms in total. The normalized spacial score (nSPS) is 14.9. The first-order chi connectivity index (χ1) is 9.69. The van der Waals surface area contributed by atoms with Crippen LogP contribution in [0.5, 0.6) is 11.5 Å². The van der Waals surface area contributed by atoms with Crippen molar-refractivity contribution in [3.05, 3.63) is 24.4 Å². The molecule has 106 valence electrons. The molecule has 2 N–H and O–H groups in total. The van der Waals surface area contributed by atoms with Crippen molar-refractivity contribution < 1.29 is 9.47 Å². The lowest BCUT2D eigenvalue weighted by Gasteiger charge is -2.26. The highest BCUT2D eigenvalue weighted by atomic mass is 32.2. The number of hydrogen-bond donors (Lipinski definition) is 1. The van der Waals surface area contributed by atoms with Gasteiger partial charge < -0.3 is 15.2 Å². The molecule has 0 unspecified atom stereocenters. The molecule has 0 spiro atoms. The van der Waals surface area contributed by atoms with Crippen molar-refractivity contribution in [1.29, 1.82) is 0 Å². The predicted molar refractivity (Wildman–Crippen MR) is 81.3 cm³/mol. The average molecular weight is 291 g/mol. The number of ether oxygens (including phenoxy) is 2. The predicted octanol–water partition coefficient (Wildman–Crippen LogP) is 2.17. The van der Waals surface area contributed by atoms with Gasteiger partial charge in [-0.05, 0) is 17.7 Å². The average Bonchev–Trinajstić information content (AvgIpc) is 2.74. The molecule has 0 amide bonds. The van der Waals surface area contributed by atoms with E-state index >= 15 is 0 Å². The molecule has 20 heavy (non-hydrogen) atoms. The molecule has 1 fully saturated rings. The van der Waals surface area contributed by atoms with Crippen molar-refractivity contribution in [2.75, 3.05) is 24.3 Å². The molecule has 1 saturated heterocycles. The molecular formula is C14H17N3O2S. The number of nitrogens with two attached hydrogens (primary N) is 1. The molecule has 3 rings (SSSR count). The van der Waals surface area contributed by atoms with E-state index < -0.39 is 0 Å². The molecule has 1 aliphatic rings. The summed E-state index contributed by atoms with van der Waals surface area (Å²) >= 11 is 1.89. The van der Waals surface area contributed by atoms with Gasteiger partial charge in [-0.2, -0.15) is 16.9 Å². The van der Waals surface area contributed by atoms with Crippen LogP contribution in [0.1, 0.15) is 0 Å². The third-order valence-corrected chi connectivity index (χ3v) is 4.58. The van der Waals surface area contributed by atoms with Gasteiger partial charge >= 0.3 is 0 Å². The number of hydrogen-bond acceptors (Lipinski definition) is 5. The van der Waals surface area contributed by atoms with E-state index in [4.69, 9.17) is 15.2 Å². The zero-order valence-electron chi connectivity index (χ0n) is 11.5. The van der Waals surface area contributed by atoms with Crippen molar-refractivity contribution in [1.82, 2.24) is 9.78 Å². The van der Waals surface area contributed by atoms with E-state index in [1.807, 2.05) is 37.0 Å². The van der Waals surface area contributed by atoms with E-state index in [1.165, 1.54) is 0 Å². The minimum Gasteiger partial charge on any atom is -0.493 e. The molecule has 1 aromatic heterocycles. The number of aryl methyl sites for hydroxylation is 1. The number of methoxy groups -OCH3 is 1. The molecule has 0 aliphatic carbocycles. The Labute approximate surface area is 122 Å². The zero-order chi connectivity index (χ0) is 14.1. The second-order valence-corrected chi connectivity index (χ2v) is 5.78. The standard InChI is InChI=1S/C14H17N3O2S/c1-17-14(15)11(6-16-17)9-3-4-12(13(5-9)18-2)19-10-7-20-8-10/h3-6,10H,7-8,15H2,1-2H3. The van der Waals surface area contributed by atoms with Crippen LogP contribution in [0.3, 0.4) is 0 Å². The highest BCUT2D eigenvalue weighted by Gasteiger charge is 2.21. The highest BCUT2D eigenvalue weighted by molar-refractivity contribution is 8.00. The number of aromatic nitrogens is 2. The summed E-state index contributed by atoms with van der Waals surface area (Å²) < 4.78 is 13.0. The van der Waals surface area contributed by atoms with E-state index in [-0.39, 0.29) is 0 Å². The number of anilines is 1. The summed E-state index contributed by atoms with van der Waals surface area (Å²) in [7, 11) is 3.47. The fourth-order valence-corrected chi connectivity index (χ4v) is 2.63. The van der Waals surface area contributed by atoms with Gasteiger partial charge in [0.25, 0.3) is 0 Å². The van der Waals surface area contributed by atoms with Crippen LogP contribution in [0.15, 0.2) is 24.4 Å². The van der Waals surface area contributed by atoms with Gasteiger partial charge in [0.1, 0.15) is 11.9 Å². The first-order valence-electron chi connectivity index (χ1n) is 6.39. The van der Waals surface area contributed by atoms with Gasteiger partial charge in [-0.3, -0.25) is 4.68 Å². The van der Waals surface area contributed by atoms with Crippen LogP contribution in [-0.2, 0) is 7.05 Å². The van der Waals surface area contributed by atoms with Gasteiger partial charge in [0.05, 0.1) is 13.3 Å². The monoisotopic (exact) mass is 291 g/mol. The van der Waals surface area contributed by atoms with Crippen LogP contribution in [0, 0.1) is 0 Å². The van der Waals surface area contributed by atoms with E-state index in [2.05, 4.69) is 5.10 Å². The molecular weight excluding hydrogens is 274 g/mol. The van der Waals surface area contributed by atoms with Crippen molar-refractivity contribution in [3.8, 4) is 22.6 Å². The maximum atomic E-state index is 6.00. The van der Waals surface area contributed by atoms with Crippen LogP contribution < -0.4 is 15.2 Å². The molecule has 1 aliphatic heterocycles. The van der Waals surface area contributed by atoms with Gasteiger partial charge in [0, 0.05) is 24.1 Å². The minimum absolute atomic E-state index is 0.295. The third-order valence-electron chi connectivity index (χ3n) is 3.36. The lowest BCUT2D eigenvalue weighted by molar-refractivity contribution is 0.228. The summed E-state index contributed by atoms with van der Waals surface area (Å²) in [6.45, 7) is 0. The van der Waals surface area contributed by atoms with Gasteiger partial charge in [-0.15, -0.1) is 0 Å². The number of nitrogens with zero attached hydrogens (tertiary/aromatic N) is 2. The maximum Gasteiger partial charge on any atom is 0.161 e. The maximum absolute atomic E-state index is 6.00. The highest BCUT2D eigenvalue weighted by Crippen LogP contribution is 2.36. The summed E-state index contributed by atoms with van der Waals surface area (Å²) in [6.07, 6.45) is 2.05. The van der Waals surface area contributed by atoms with Crippen molar-refractivity contribution in [2.24, 2.45) is 7.05 Å². The van der Waals surface area contributed by atoms with Gasteiger partial charge in [0.2, 0.25) is 0 Å². The first-order valence-corrected chi connectivity index (χ1v) is 7.55. The van der Waals surface area contributed by atoms with Gasteiger partial charge in [0.15, 0.2) is 11.5 Å². The molecule has 1 aromatic carbocycles. The molecule has 0 atom stereocenters. The number of rotatable bonds is 4. The summed E-state index contributed by atoms with van der Waals surface area (Å²) in [4.78, 5) is 0. The lowest BCUT2D eigenvalue weighted by atomic mass is 10.1. The Balaban J connectivity index is 1.91. The van der Waals surface area contributed by atoms with E-state index in [9.17, 15) is 0 Å². The Morgan fingerprint density at radius 3 is 2.70 bits per heavy atom. The van der Waals surface area contributed by atoms with Crippen LogP contribution in [0.25, 0.3) is 11.1 Å². The van der Waals surface area contributed by atoms with Crippen LogP contribution >= 0.6 is 11.8 Å². The first kappa shape index (κ1) is 13.2. The minimum atomic E-state index is 0.295. The van der Waals surface area contributed by atoms with Crippen molar-refractivity contribution >= 4 is 17.6 Å². The second kappa shape index (κ2) is 5.28. The molecule has 2 aromatic rings. The van der Waals surface area contributed by atoms with Crippen LogP contribution in [0.4, 0.5) is 5.82 Å². The van der Waals surface area contributed by atoms with Gasteiger partial charge in [-0.25, -0.2) is 0 Å². The van der Waals surface area contributed by atoms with E-state index in [1.54, 1.807) is 18.0 Å². The summed E-state index contributed by atoms with van der Waals surface area (Å²) in [5.41, 5.74) is 7.88. The number of thioether (sulfide) groups is 1. The fourth-order valence-electron chi connectivity index (χ4n) is 2.06. The fraction of sp³-hybridized carbons (Fsp3) is 0.357. The quantitative estimate of drug-likeness (QED) is 0.935. The lowest BCUT2D eigenvalue weighted by Crippen LogP contribution is -2.31. The number of benzene rings is 1. The molecule has 6 heteroatoms. The molecule has 2 heterocycles. The zero-order valence-corrected chi connectivity index (χ0v) is 12.3. The number of nitrogen functional groups attached to an aromatic ring is 1. The van der Waals surface area contributed by atoms with Gasteiger partial charge in [-0.1, -0.05) is 6.07 Å². The Morgan fingerprint density at radius 1 is 1.35 bits per heavy atom. The summed E-state index contributed by atoms with van der Waals surface area (Å²) in [5, 5.41) is 4.16. The van der Waals surface area contributed by atoms with Crippen LogP contribution in [-0.4, -0.2) is 34.5 Å². The Hall–Kier alpha value is -1.82. The topological polar surface area (TPSA) is 62.3 Å². The summed E-state index contributed by atoms with van der Waals surface area (Å²) in [6, 6.07) is 5.86. The van der Waals surface area contributed by atoms with E-state index in [0.717, 1.165) is 34.1 Å². The van der Waals surface area contributed by atoms with E-state index in [0.29, 0.717) is 11.9 Å². The molecule has 0 bridgehead atoms. The molecule has 0 radical (unpaired) electrons. The second-order valence-electron chi connectivity index (χ2n) is 4.71. The molecule has 0 saturated carbocycles. The van der Waals surface area contributed by atoms with Crippen molar-refractivity contribution in [2.45, 2.75) is 6.10 Å².